The zero-order valence-electron chi connectivity index (χ0n) is 5.02. The number of hydrogen-bond acceptors (Lipinski definition) is 3. The van der Waals surface area contributed by atoms with E-state index in [0.29, 0.717) is 0 Å². The van der Waals surface area contributed by atoms with Gasteiger partial charge in [0.1, 0.15) is 0 Å². The molecule has 0 aromatic heterocycles. The lowest BCUT2D eigenvalue weighted by atomic mass is 10.5. The van der Waals surface area contributed by atoms with Crippen molar-refractivity contribution in [2.45, 2.75) is 0 Å². The first-order valence-corrected chi connectivity index (χ1v) is 2.23. The first kappa shape index (κ1) is 6.88. The molecule has 0 radical (unpaired) electrons. The summed E-state index contributed by atoms with van der Waals surface area (Å²) < 4.78 is 0. The highest BCUT2D eigenvalue weighted by molar-refractivity contribution is 4.59. The highest BCUT2D eigenvalue weighted by Gasteiger charge is 2.13. The van der Waals surface area contributed by atoms with Crippen molar-refractivity contribution in [2.75, 3.05) is 27.2 Å². The number of hydrazine groups is 1. The third-order valence-corrected chi connectivity index (χ3v) is 1.33. The fourth-order valence-corrected chi connectivity index (χ4v) is 0.500. The summed E-state index contributed by atoms with van der Waals surface area (Å²) in [5.74, 6) is 0. The number of likely N-dealkylation sites (N-methyl/N-ethyl adjacent to an activating group) is 2. The maximum Gasteiger partial charge on any atom is 0.0272 e. The smallest absolute Gasteiger partial charge is 0.0272 e. The van der Waals surface area contributed by atoms with Crippen LogP contribution in [0.4, 0.5) is 0 Å². The second kappa shape index (κ2) is 2.26. The monoisotopic (exact) mass is 103 g/mol. The van der Waals surface area contributed by atoms with Gasteiger partial charge in [0.25, 0.3) is 0 Å². The third kappa shape index (κ3) is 1.12. The summed E-state index contributed by atoms with van der Waals surface area (Å²) in [4.78, 5) is 0. The molecule has 1 aliphatic rings. The molecule has 3 heteroatoms. The summed E-state index contributed by atoms with van der Waals surface area (Å²) in [7, 11) is 4.17. The van der Waals surface area contributed by atoms with Crippen LogP contribution in [0.25, 0.3) is 0 Å². The molecule has 0 unspecified atom stereocenters. The van der Waals surface area contributed by atoms with Crippen LogP contribution in [-0.2, 0) is 0 Å². The predicted octanol–water partition coefficient (Wildman–Crippen LogP) is -0.0594. The number of hydrogen-bond donors (Lipinski definition) is 1. The zero-order chi connectivity index (χ0) is 4.57. The van der Waals surface area contributed by atoms with Crippen molar-refractivity contribution in [2.24, 2.45) is 0 Å². The lowest BCUT2D eigenvalue weighted by Crippen LogP contribution is -2.51. The Hall–Kier alpha value is -0.120. The molecule has 0 aliphatic carbocycles. The lowest BCUT2D eigenvalue weighted by Gasteiger charge is -2.38. The van der Waals surface area contributed by atoms with Crippen molar-refractivity contribution in [3.8, 4) is 0 Å². The minimum atomic E-state index is 0. The van der Waals surface area contributed by atoms with Gasteiger partial charge < -0.3 is 6.15 Å². The van der Waals surface area contributed by atoms with Crippen LogP contribution in [0, 0.1) is 0 Å². The van der Waals surface area contributed by atoms with E-state index in [4.69, 9.17) is 0 Å². The van der Waals surface area contributed by atoms with E-state index in [-0.39, 0.29) is 6.15 Å². The molecule has 1 rings (SSSR count). The summed E-state index contributed by atoms with van der Waals surface area (Å²) in [6, 6.07) is 0. The van der Waals surface area contributed by atoms with E-state index in [2.05, 4.69) is 24.1 Å². The van der Waals surface area contributed by atoms with Gasteiger partial charge in [-0.25, -0.2) is 10.0 Å². The highest BCUT2D eigenvalue weighted by atomic mass is 15.7. The van der Waals surface area contributed by atoms with Crippen molar-refractivity contribution >= 4 is 0 Å². The van der Waals surface area contributed by atoms with E-state index in [9.17, 15) is 0 Å². The van der Waals surface area contributed by atoms with E-state index in [0.717, 1.165) is 0 Å². The molecule has 0 atom stereocenters. The largest absolute Gasteiger partial charge is 0.344 e. The van der Waals surface area contributed by atoms with Gasteiger partial charge in [-0.2, -0.15) is 0 Å². The molecule has 0 aromatic carbocycles. The topological polar surface area (TPSA) is 41.5 Å². The normalized spacial score (nSPS) is 23.1. The summed E-state index contributed by atoms with van der Waals surface area (Å²) in [5, 5.41) is 4.36. The van der Waals surface area contributed by atoms with Crippen LogP contribution in [0.2, 0.25) is 0 Å². The van der Waals surface area contributed by atoms with Crippen molar-refractivity contribution in [1.29, 1.82) is 0 Å². The van der Waals surface area contributed by atoms with E-state index in [1.54, 1.807) is 0 Å². The molecule has 1 heterocycles. The maximum absolute atomic E-state index is 2.18. The van der Waals surface area contributed by atoms with Gasteiger partial charge in [-0.3, -0.25) is 0 Å². The fourth-order valence-electron chi connectivity index (χ4n) is 0.500. The Labute approximate surface area is 44.5 Å². The molecule has 0 saturated carbocycles. The van der Waals surface area contributed by atoms with Crippen molar-refractivity contribution in [3.63, 3.8) is 0 Å². The summed E-state index contributed by atoms with van der Waals surface area (Å²) >= 11 is 0. The molecule has 3 nitrogen and oxygen atoms in total. The predicted molar refractivity (Wildman–Crippen MR) is 30.3 cm³/mol. The van der Waals surface area contributed by atoms with Gasteiger partial charge in [0, 0.05) is 27.2 Å². The molecular weight excluding hydrogens is 90.1 g/mol. The van der Waals surface area contributed by atoms with Crippen molar-refractivity contribution in [3.05, 3.63) is 0 Å². The summed E-state index contributed by atoms with van der Waals surface area (Å²) in [6.07, 6.45) is 0. The van der Waals surface area contributed by atoms with Crippen molar-refractivity contribution in [1.82, 2.24) is 16.2 Å². The van der Waals surface area contributed by atoms with E-state index in [1.165, 1.54) is 13.1 Å². The molecular formula is C4H13N3. The van der Waals surface area contributed by atoms with Gasteiger partial charge in [0.15, 0.2) is 0 Å². The van der Waals surface area contributed by atoms with Gasteiger partial charge in [-0.15, -0.1) is 0 Å². The summed E-state index contributed by atoms with van der Waals surface area (Å²) in [5.41, 5.74) is 0. The van der Waals surface area contributed by atoms with E-state index in [1.807, 2.05) is 0 Å². The SMILES string of the molecule is CN1CCN1C.N. The van der Waals surface area contributed by atoms with Gasteiger partial charge in [0.05, 0.1) is 0 Å². The molecule has 1 fully saturated rings. The van der Waals surface area contributed by atoms with Gasteiger partial charge in [-0.05, 0) is 0 Å². The van der Waals surface area contributed by atoms with Gasteiger partial charge >= 0.3 is 0 Å². The molecule has 1 saturated heterocycles. The minimum absolute atomic E-state index is 0. The Kier molecular flexibility index (Phi) is 2.22. The van der Waals surface area contributed by atoms with Crippen LogP contribution in [0.5, 0.6) is 0 Å². The molecule has 0 amide bonds. The first-order valence-electron chi connectivity index (χ1n) is 2.23. The van der Waals surface area contributed by atoms with Crippen LogP contribution in [0.15, 0.2) is 0 Å². The van der Waals surface area contributed by atoms with Crippen LogP contribution in [0.1, 0.15) is 0 Å². The Morgan fingerprint density at radius 1 is 1.00 bits per heavy atom. The number of nitrogens with zero attached hydrogens (tertiary/aromatic N) is 2. The van der Waals surface area contributed by atoms with E-state index < -0.39 is 0 Å². The fraction of sp³-hybridized carbons (Fsp3) is 1.00. The average Bonchev–Trinajstić information content (AvgIpc) is 1.61. The third-order valence-electron chi connectivity index (χ3n) is 1.33. The average molecular weight is 103 g/mol. The zero-order valence-corrected chi connectivity index (χ0v) is 5.02. The lowest BCUT2D eigenvalue weighted by molar-refractivity contribution is -0.0645. The Morgan fingerprint density at radius 3 is 1.29 bits per heavy atom. The van der Waals surface area contributed by atoms with Crippen LogP contribution in [-0.4, -0.2) is 37.2 Å². The molecule has 0 spiro atoms. The van der Waals surface area contributed by atoms with Gasteiger partial charge in [-0.1, -0.05) is 0 Å². The van der Waals surface area contributed by atoms with Crippen LogP contribution >= 0.6 is 0 Å². The first-order chi connectivity index (χ1) is 2.80. The Bertz CT molecular complexity index is 46.9. The van der Waals surface area contributed by atoms with Crippen LogP contribution < -0.4 is 6.15 Å². The van der Waals surface area contributed by atoms with Crippen LogP contribution in [0.3, 0.4) is 0 Å². The van der Waals surface area contributed by atoms with Crippen molar-refractivity contribution < 1.29 is 0 Å². The van der Waals surface area contributed by atoms with E-state index >= 15 is 0 Å². The Morgan fingerprint density at radius 2 is 1.29 bits per heavy atom. The molecule has 0 bridgehead atoms. The molecule has 44 valence electrons. The quantitative estimate of drug-likeness (QED) is 0.467. The minimum Gasteiger partial charge on any atom is -0.344 e. The number of rotatable bonds is 0. The summed E-state index contributed by atoms with van der Waals surface area (Å²) in [6.45, 7) is 2.47. The molecule has 1 aliphatic heterocycles. The maximum atomic E-state index is 2.18. The second-order valence-electron chi connectivity index (χ2n) is 1.76. The Balaban J connectivity index is 0.000000360. The van der Waals surface area contributed by atoms with Gasteiger partial charge in [0.2, 0.25) is 0 Å². The second-order valence-corrected chi connectivity index (χ2v) is 1.76. The molecule has 0 aromatic rings. The molecule has 3 N–H and O–H groups in total. The standard InChI is InChI=1S/C4H10N2.H3N/c1-5-3-4-6(5)2;/h3-4H2,1-2H3;1H3. The highest BCUT2D eigenvalue weighted by Crippen LogP contribution is 1.98. The molecule has 7 heavy (non-hydrogen) atoms.